The largest absolute Gasteiger partial charge is 0.335 e. The fraction of sp³-hybridized carbons (Fsp3) is 0.625. The van der Waals surface area contributed by atoms with Crippen molar-refractivity contribution in [1.82, 2.24) is 19.7 Å². The lowest BCUT2D eigenvalue weighted by atomic mass is 10.1. The predicted octanol–water partition coefficient (Wildman–Crippen LogP) is 1.06. The van der Waals surface area contributed by atoms with Crippen LogP contribution in [-0.2, 0) is 6.54 Å². The summed E-state index contributed by atoms with van der Waals surface area (Å²) in [7, 11) is 4.01. The van der Waals surface area contributed by atoms with Crippen molar-refractivity contribution in [2.45, 2.75) is 25.4 Å². The van der Waals surface area contributed by atoms with Crippen LogP contribution in [0.2, 0.25) is 0 Å². The third-order valence-electron chi connectivity index (χ3n) is 4.35. The maximum atomic E-state index is 12.5. The minimum Gasteiger partial charge on any atom is -0.335 e. The molecule has 2 aliphatic heterocycles. The molecule has 5 nitrogen and oxygen atoms in total. The zero-order chi connectivity index (χ0) is 14.8. The number of likely N-dealkylation sites (tertiary alicyclic amines) is 2. The van der Waals surface area contributed by atoms with E-state index < -0.39 is 0 Å². The van der Waals surface area contributed by atoms with Gasteiger partial charge in [0.1, 0.15) is 0 Å². The van der Waals surface area contributed by atoms with Crippen molar-refractivity contribution in [3.63, 3.8) is 0 Å². The molecule has 0 spiro atoms. The van der Waals surface area contributed by atoms with E-state index in [1.807, 2.05) is 31.1 Å². The molecule has 2 saturated heterocycles. The Bertz CT molecular complexity index is 505. The first-order valence-corrected chi connectivity index (χ1v) is 7.76. The van der Waals surface area contributed by atoms with Gasteiger partial charge in [0.15, 0.2) is 0 Å². The van der Waals surface area contributed by atoms with Gasteiger partial charge in [0.05, 0.1) is 5.69 Å². The molecule has 0 saturated carbocycles. The second-order valence-corrected chi connectivity index (χ2v) is 6.38. The Morgan fingerprint density at radius 2 is 2.05 bits per heavy atom. The highest BCUT2D eigenvalue weighted by atomic mass is 16.2. The molecule has 1 aromatic heterocycles. The van der Waals surface area contributed by atoms with Gasteiger partial charge in [-0.25, -0.2) is 0 Å². The molecule has 0 aromatic carbocycles. The number of amides is 1. The summed E-state index contributed by atoms with van der Waals surface area (Å²) >= 11 is 0. The summed E-state index contributed by atoms with van der Waals surface area (Å²) < 4.78 is 0. The third kappa shape index (κ3) is 3.24. The third-order valence-corrected chi connectivity index (χ3v) is 4.35. The summed E-state index contributed by atoms with van der Waals surface area (Å²) in [5.74, 6) is 0.146. The molecule has 0 N–H and O–H groups in total. The average molecular weight is 288 g/mol. The van der Waals surface area contributed by atoms with E-state index in [-0.39, 0.29) is 5.91 Å². The SMILES string of the molecule is CN(C)Cc1cc(C(=O)N2CC(N3CCCC3)C2)ccn1. The lowest BCUT2D eigenvalue weighted by Gasteiger charge is -2.44. The monoisotopic (exact) mass is 288 g/mol. The lowest BCUT2D eigenvalue weighted by Crippen LogP contribution is -2.60. The molecule has 0 aliphatic carbocycles. The Balaban J connectivity index is 1.58. The van der Waals surface area contributed by atoms with Crippen LogP contribution >= 0.6 is 0 Å². The molecular weight excluding hydrogens is 264 g/mol. The van der Waals surface area contributed by atoms with Gasteiger partial charge in [0.2, 0.25) is 0 Å². The Hall–Kier alpha value is -1.46. The highest BCUT2D eigenvalue weighted by Crippen LogP contribution is 2.22. The van der Waals surface area contributed by atoms with Gasteiger partial charge < -0.3 is 9.80 Å². The van der Waals surface area contributed by atoms with Crippen LogP contribution in [0.5, 0.6) is 0 Å². The molecule has 3 rings (SSSR count). The van der Waals surface area contributed by atoms with E-state index in [1.54, 1.807) is 6.20 Å². The quantitative estimate of drug-likeness (QED) is 0.831. The Morgan fingerprint density at radius 1 is 1.33 bits per heavy atom. The smallest absolute Gasteiger partial charge is 0.254 e. The number of nitrogens with zero attached hydrogens (tertiary/aromatic N) is 4. The summed E-state index contributed by atoms with van der Waals surface area (Å²) in [6.07, 6.45) is 4.36. The normalized spacial score (nSPS) is 20.0. The number of pyridine rings is 1. The fourth-order valence-electron chi connectivity index (χ4n) is 3.16. The van der Waals surface area contributed by atoms with Crippen molar-refractivity contribution in [2.75, 3.05) is 40.3 Å². The molecule has 2 fully saturated rings. The van der Waals surface area contributed by atoms with Crippen molar-refractivity contribution in [2.24, 2.45) is 0 Å². The second kappa shape index (κ2) is 6.12. The molecular formula is C16H24N4O. The van der Waals surface area contributed by atoms with Crippen molar-refractivity contribution in [1.29, 1.82) is 0 Å². The number of hydrogen-bond donors (Lipinski definition) is 0. The van der Waals surface area contributed by atoms with Gasteiger partial charge in [-0.2, -0.15) is 0 Å². The second-order valence-electron chi connectivity index (χ2n) is 6.38. The Labute approximate surface area is 126 Å². The first-order chi connectivity index (χ1) is 10.1. The molecule has 21 heavy (non-hydrogen) atoms. The van der Waals surface area contributed by atoms with Crippen LogP contribution in [0, 0.1) is 0 Å². The van der Waals surface area contributed by atoms with Gasteiger partial charge in [0, 0.05) is 37.4 Å². The van der Waals surface area contributed by atoms with E-state index in [1.165, 1.54) is 25.9 Å². The average Bonchev–Trinajstić information content (AvgIpc) is 2.90. The molecule has 0 atom stereocenters. The first-order valence-electron chi connectivity index (χ1n) is 7.76. The first kappa shape index (κ1) is 14.5. The molecule has 3 heterocycles. The Kier molecular flexibility index (Phi) is 4.22. The van der Waals surface area contributed by atoms with Crippen LogP contribution in [0.3, 0.4) is 0 Å². The van der Waals surface area contributed by atoms with Gasteiger partial charge in [-0.15, -0.1) is 0 Å². The highest BCUT2D eigenvalue weighted by Gasteiger charge is 2.36. The number of carbonyl (C=O) groups excluding carboxylic acids is 1. The lowest BCUT2D eigenvalue weighted by molar-refractivity contribution is 0.0334. The number of aromatic nitrogens is 1. The molecule has 5 heteroatoms. The molecule has 1 aromatic rings. The predicted molar refractivity (Wildman–Crippen MR) is 82.1 cm³/mol. The summed E-state index contributed by atoms with van der Waals surface area (Å²) in [5, 5.41) is 0. The van der Waals surface area contributed by atoms with Crippen LogP contribution in [-0.4, -0.2) is 71.9 Å². The van der Waals surface area contributed by atoms with Crippen LogP contribution in [0.4, 0.5) is 0 Å². The minimum atomic E-state index is 0.146. The number of rotatable bonds is 4. The molecule has 0 bridgehead atoms. The van der Waals surface area contributed by atoms with Crippen LogP contribution in [0.25, 0.3) is 0 Å². The van der Waals surface area contributed by atoms with Gasteiger partial charge in [-0.1, -0.05) is 0 Å². The van der Waals surface area contributed by atoms with Crippen molar-refractivity contribution >= 4 is 5.91 Å². The summed E-state index contributed by atoms with van der Waals surface area (Å²) in [6.45, 7) is 4.93. The van der Waals surface area contributed by atoms with Gasteiger partial charge in [0.25, 0.3) is 5.91 Å². The standard InChI is InChI=1S/C16H24N4O/c1-18(2)10-14-9-13(5-6-17-14)16(21)20-11-15(12-20)19-7-3-4-8-19/h5-6,9,15H,3-4,7-8,10-12H2,1-2H3. The summed E-state index contributed by atoms with van der Waals surface area (Å²) in [6, 6.07) is 4.33. The molecule has 0 unspecified atom stereocenters. The van der Waals surface area contributed by atoms with Crippen molar-refractivity contribution < 1.29 is 4.79 Å². The summed E-state index contributed by atoms with van der Waals surface area (Å²) in [5.41, 5.74) is 1.71. The zero-order valence-electron chi connectivity index (χ0n) is 13.0. The van der Waals surface area contributed by atoms with Gasteiger partial charge >= 0.3 is 0 Å². The molecule has 1 amide bonds. The van der Waals surface area contributed by atoms with E-state index >= 15 is 0 Å². The van der Waals surface area contributed by atoms with Gasteiger partial charge in [-0.05, 0) is 52.2 Å². The van der Waals surface area contributed by atoms with E-state index in [0.717, 1.165) is 30.9 Å². The topological polar surface area (TPSA) is 39.7 Å². The van der Waals surface area contributed by atoms with E-state index in [0.29, 0.717) is 6.04 Å². The van der Waals surface area contributed by atoms with E-state index in [4.69, 9.17) is 0 Å². The van der Waals surface area contributed by atoms with Crippen LogP contribution in [0.15, 0.2) is 18.3 Å². The Morgan fingerprint density at radius 3 is 2.71 bits per heavy atom. The fourth-order valence-corrected chi connectivity index (χ4v) is 3.16. The number of carbonyl (C=O) groups is 1. The van der Waals surface area contributed by atoms with E-state index in [2.05, 4.69) is 14.8 Å². The zero-order valence-corrected chi connectivity index (χ0v) is 13.0. The summed E-state index contributed by atoms with van der Waals surface area (Å²) in [4.78, 5) is 23.4. The minimum absolute atomic E-state index is 0.146. The van der Waals surface area contributed by atoms with Crippen LogP contribution in [0.1, 0.15) is 28.9 Å². The van der Waals surface area contributed by atoms with Crippen molar-refractivity contribution in [3.8, 4) is 0 Å². The number of hydrogen-bond acceptors (Lipinski definition) is 4. The van der Waals surface area contributed by atoms with Crippen LogP contribution < -0.4 is 0 Å². The van der Waals surface area contributed by atoms with E-state index in [9.17, 15) is 4.79 Å². The highest BCUT2D eigenvalue weighted by molar-refractivity contribution is 5.94. The molecule has 0 radical (unpaired) electrons. The maximum Gasteiger partial charge on any atom is 0.254 e. The van der Waals surface area contributed by atoms with Crippen molar-refractivity contribution in [3.05, 3.63) is 29.6 Å². The molecule has 2 aliphatic rings. The molecule has 114 valence electrons. The maximum absolute atomic E-state index is 12.5. The van der Waals surface area contributed by atoms with Gasteiger partial charge in [-0.3, -0.25) is 14.7 Å².